The summed E-state index contributed by atoms with van der Waals surface area (Å²) in [4.78, 5) is 16.9. The van der Waals surface area contributed by atoms with Crippen LogP contribution in [0.15, 0.2) is 42.5 Å². The third-order valence-electron chi connectivity index (χ3n) is 4.52. The maximum Gasteiger partial charge on any atom is 0.358 e. The van der Waals surface area contributed by atoms with E-state index in [4.69, 9.17) is 32.7 Å². The van der Waals surface area contributed by atoms with E-state index in [9.17, 15) is 18.0 Å². The second-order valence-electron chi connectivity index (χ2n) is 6.68. The highest BCUT2D eigenvalue weighted by Crippen LogP contribution is 2.34. The van der Waals surface area contributed by atoms with Crippen LogP contribution in [0.2, 0.25) is 10.0 Å². The summed E-state index contributed by atoms with van der Waals surface area (Å²) in [5.41, 5.74) is 1.63. The van der Waals surface area contributed by atoms with E-state index in [1.54, 1.807) is 48.7 Å². The maximum atomic E-state index is 13.6. The molecule has 5 nitrogen and oxygen atoms in total. The highest BCUT2D eigenvalue weighted by Gasteiger charge is 2.25. The van der Waals surface area contributed by atoms with Gasteiger partial charge < -0.3 is 9.47 Å². The summed E-state index contributed by atoms with van der Waals surface area (Å²) in [6, 6.07) is 10.8. The van der Waals surface area contributed by atoms with Crippen LogP contribution in [0.4, 0.5) is 13.2 Å². The Hall–Kier alpha value is -2.71. The zero-order valence-corrected chi connectivity index (χ0v) is 18.6. The van der Waals surface area contributed by atoms with Crippen LogP contribution < -0.4 is 4.74 Å². The Balaban J connectivity index is 2.07. The molecule has 2 atom stereocenters. The number of hydrogen-bond donors (Lipinski definition) is 0. The van der Waals surface area contributed by atoms with E-state index in [0.29, 0.717) is 32.8 Å². The Kier molecular flexibility index (Phi) is 7.69. The van der Waals surface area contributed by atoms with Gasteiger partial charge in [-0.2, -0.15) is 4.39 Å². The lowest BCUT2D eigenvalue weighted by Gasteiger charge is -2.15. The second-order valence-corrected chi connectivity index (χ2v) is 7.53. The Bertz CT molecular complexity index is 1110. The first kappa shape index (κ1) is 23.9. The number of rotatable bonds is 8. The smallest absolute Gasteiger partial charge is 0.358 e. The second kappa shape index (κ2) is 10.3. The summed E-state index contributed by atoms with van der Waals surface area (Å²) in [6.45, 7) is 2.05. The minimum Gasteiger partial charge on any atom is -0.461 e. The topological polar surface area (TPSA) is 53.3 Å². The van der Waals surface area contributed by atoms with Gasteiger partial charge in [-0.15, -0.1) is 0 Å². The van der Waals surface area contributed by atoms with Crippen molar-refractivity contribution in [1.29, 1.82) is 0 Å². The van der Waals surface area contributed by atoms with Crippen LogP contribution in [0.25, 0.3) is 17.1 Å². The summed E-state index contributed by atoms with van der Waals surface area (Å²) in [5.74, 6) is -0.243. The molecule has 0 aliphatic carbocycles. The average molecular weight is 487 g/mol. The highest BCUT2D eigenvalue weighted by atomic mass is 35.5. The number of nitrogens with zero attached hydrogens (tertiary/aromatic N) is 2. The first-order valence-electron chi connectivity index (χ1n) is 9.59. The van der Waals surface area contributed by atoms with Crippen LogP contribution in [0.1, 0.15) is 23.1 Å². The molecule has 10 heteroatoms. The number of benzene rings is 2. The average Bonchev–Trinajstić information content (AvgIpc) is 3.10. The molecule has 0 saturated carbocycles. The van der Waals surface area contributed by atoms with Gasteiger partial charge in [0.15, 0.2) is 11.9 Å². The van der Waals surface area contributed by atoms with Crippen molar-refractivity contribution in [2.24, 2.45) is 0 Å². The van der Waals surface area contributed by atoms with Crippen molar-refractivity contribution >= 4 is 29.2 Å². The van der Waals surface area contributed by atoms with E-state index >= 15 is 0 Å². The predicted molar refractivity (Wildman–Crippen MR) is 116 cm³/mol. The fourth-order valence-corrected chi connectivity index (χ4v) is 3.50. The first-order chi connectivity index (χ1) is 15.3. The minimum absolute atomic E-state index is 0.00631. The summed E-state index contributed by atoms with van der Waals surface area (Å²) >= 11 is 12.4. The number of carbonyl (C=O) groups excluding carboxylic acids is 1. The first-order valence-corrected chi connectivity index (χ1v) is 10.4. The highest BCUT2D eigenvalue weighted by molar-refractivity contribution is 6.36. The molecule has 0 amide bonds. The van der Waals surface area contributed by atoms with Crippen LogP contribution in [0.5, 0.6) is 5.75 Å². The van der Waals surface area contributed by atoms with Crippen molar-refractivity contribution in [3.63, 3.8) is 0 Å². The van der Waals surface area contributed by atoms with E-state index in [-0.39, 0.29) is 18.1 Å². The lowest BCUT2D eigenvalue weighted by Crippen LogP contribution is -2.25. The zero-order valence-electron chi connectivity index (χ0n) is 17.1. The summed E-state index contributed by atoms with van der Waals surface area (Å²) < 4.78 is 50.5. The number of imidazole rings is 1. The SMILES string of the molecule is CCOC(=O)c1nc(-c2ccc(Cl)cc2Cl)n(-c2ccc(OC(F)C(F)CF)cc2)c1C. The third kappa shape index (κ3) is 5.02. The molecule has 0 aliphatic rings. The van der Waals surface area contributed by atoms with Crippen molar-refractivity contribution in [3.05, 3.63) is 63.9 Å². The minimum atomic E-state index is -2.43. The van der Waals surface area contributed by atoms with Crippen LogP contribution >= 0.6 is 23.2 Å². The molecular weight excluding hydrogens is 468 g/mol. The lowest BCUT2D eigenvalue weighted by molar-refractivity contribution is -0.0148. The zero-order chi connectivity index (χ0) is 23.4. The van der Waals surface area contributed by atoms with E-state index in [2.05, 4.69) is 4.98 Å². The molecule has 2 unspecified atom stereocenters. The van der Waals surface area contributed by atoms with Crippen molar-refractivity contribution in [1.82, 2.24) is 9.55 Å². The predicted octanol–water partition coefficient (Wildman–Crippen LogP) is 6.31. The van der Waals surface area contributed by atoms with Crippen molar-refractivity contribution in [3.8, 4) is 22.8 Å². The molecule has 2 aromatic carbocycles. The van der Waals surface area contributed by atoms with Crippen LogP contribution in [0, 0.1) is 6.92 Å². The third-order valence-corrected chi connectivity index (χ3v) is 5.07. The number of hydrogen-bond acceptors (Lipinski definition) is 4. The van der Waals surface area contributed by atoms with Crippen molar-refractivity contribution in [2.75, 3.05) is 13.3 Å². The van der Waals surface area contributed by atoms with Crippen LogP contribution in [-0.4, -0.2) is 41.3 Å². The number of carbonyl (C=O) groups is 1. The van der Waals surface area contributed by atoms with Crippen LogP contribution in [0.3, 0.4) is 0 Å². The monoisotopic (exact) mass is 486 g/mol. The van der Waals surface area contributed by atoms with Gasteiger partial charge in [-0.25, -0.2) is 18.6 Å². The quantitative estimate of drug-likeness (QED) is 0.350. The molecule has 0 N–H and O–H groups in total. The van der Waals surface area contributed by atoms with Gasteiger partial charge in [-0.3, -0.25) is 4.57 Å². The molecule has 3 rings (SSSR count). The standard InChI is InChI=1S/C22H19Cl2F3N2O3/c1-3-31-22(30)19-12(2)29(21(28-19)16-9-4-13(23)10-17(16)24)14-5-7-15(8-6-14)32-20(27)18(26)11-25/h4-10,18,20H,3,11H2,1-2H3. The summed E-state index contributed by atoms with van der Waals surface area (Å²) in [7, 11) is 0. The molecule has 0 aliphatic heterocycles. The number of alkyl halides is 3. The fourth-order valence-electron chi connectivity index (χ4n) is 3.01. The Labute approximate surface area is 192 Å². The van der Waals surface area contributed by atoms with Crippen LogP contribution in [-0.2, 0) is 4.74 Å². The van der Waals surface area contributed by atoms with Gasteiger partial charge in [0, 0.05) is 16.3 Å². The molecule has 32 heavy (non-hydrogen) atoms. The molecule has 0 bridgehead atoms. The van der Waals surface area contributed by atoms with E-state index in [1.165, 1.54) is 12.1 Å². The Morgan fingerprint density at radius 1 is 1.16 bits per heavy atom. The van der Waals surface area contributed by atoms with E-state index in [1.807, 2.05) is 0 Å². The number of esters is 1. The van der Waals surface area contributed by atoms with Gasteiger partial charge in [0.05, 0.1) is 17.3 Å². The molecule has 3 aromatic rings. The Morgan fingerprint density at radius 3 is 2.44 bits per heavy atom. The van der Waals surface area contributed by atoms with Gasteiger partial charge >= 0.3 is 5.97 Å². The lowest BCUT2D eigenvalue weighted by atomic mass is 10.2. The molecule has 170 valence electrons. The number of aromatic nitrogens is 2. The summed E-state index contributed by atoms with van der Waals surface area (Å²) in [6.07, 6.45) is -4.81. The number of ether oxygens (including phenoxy) is 2. The van der Waals surface area contributed by atoms with Crippen molar-refractivity contribution in [2.45, 2.75) is 26.4 Å². The van der Waals surface area contributed by atoms with E-state index < -0.39 is 25.2 Å². The summed E-state index contributed by atoms with van der Waals surface area (Å²) in [5, 5.41) is 0.750. The normalized spacial score (nSPS) is 13.0. The number of halogens is 5. The molecule has 0 saturated heterocycles. The molecule has 0 fully saturated rings. The van der Waals surface area contributed by atoms with Gasteiger partial charge in [0.2, 0.25) is 0 Å². The van der Waals surface area contributed by atoms with Gasteiger partial charge in [0.25, 0.3) is 6.36 Å². The maximum absolute atomic E-state index is 13.6. The van der Waals surface area contributed by atoms with Gasteiger partial charge in [0.1, 0.15) is 18.2 Å². The molecule has 0 radical (unpaired) electrons. The molecule has 1 heterocycles. The molecule has 1 aromatic heterocycles. The largest absolute Gasteiger partial charge is 0.461 e. The van der Waals surface area contributed by atoms with Gasteiger partial charge in [-0.1, -0.05) is 23.2 Å². The van der Waals surface area contributed by atoms with E-state index in [0.717, 1.165) is 0 Å². The fraction of sp³-hybridized carbons (Fsp3) is 0.273. The van der Waals surface area contributed by atoms with Gasteiger partial charge in [-0.05, 0) is 56.3 Å². The Morgan fingerprint density at radius 2 is 1.84 bits per heavy atom. The molecular formula is C22H19Cl2F3N2O3. The molecule has 0 spiro atoms. The van der Waals surface area contributed by atoms with Crippen molar-refractivity contribution < 1.29 is 27.4 Å².